The van der Waals surface area contributed by atoms with Crippen molar-refractivity contribution in [2.24, 2.45) is 0 Å². The first-order chi connectivity index (χ1) is 17.3. The third kappa shape index (κ3) is 4.49. The van der Waals surface area contributed by atoms with Gasteiger partial charge >= 0.3 is 6.09 Å². The lowest BCUT2D eigenvalue weighted by atomic mass is 10.0. The average Bonchev–Trinajstić information content (AvgIpc) is 3.48. The number of benzene rings is 2. The highest BCUT2D eigenvalue weighted by Crippen LogP contribution is 2.45. The molecule has 0 radical (unpaired) electrons. The van der Waals surface area contributed by atoms with E-state index in [1.54, 1.807) is 35.3 Å². The zero-order chi connectivity index (χ0) is 25.4. The van der Waals surface area contributed by atoms with E-state index in [0.29, 0.717) is 24.5 Å². The predicted molar refractivity (Wildman–Crippen MR) is 142 cm³/mol. The number of rotatable bonds is 5. The quantitative estimate of drug-likeness (QED) is 0.373. The van der Waals surface area contributed by atoms with Crippen LogP contribution in [0.2, 0.25) is 0 Å². The van der Waals surface area contributed by atoms with Crippen LogP contribution < -0.4 is 5.32 Å². The van der Waals surface area contributed by atoms with Crippen LogP contribution in [0, 0.1) is 0 Å². The molecule has 0 bridgehead atoms. The average molecular weight is 542 g/mol. The van der Waals surface area contributed by atoms with Crippen LogP contribution in [0.3, 0.4) is 0 Å². The smallest absolute Gasteiger partial charge is 0.409 e. The highest BCUT2D eigenvalue weighted by Gasteiger charge is 2.30. The van der Waals surface area contributed by atoms with E-state index in [-0.39, 0.29) is 16.2 Å². The number of thiazole rings is 1. The van der Waals surface area contributed by atoms with Crippen LogP contribution >= 0.6 is 22.7 Å². The second-order valence-electron chi connectivity index (χ2n) is 8.22. The Balaban J connectivity index is 1.56. The number of ether oxygens (including phenoxy) is 1. The summed E-state index contributed by atoms with van der Waals surface area (Å²) in [5.74, 6) is -0.456. The van der Waals surface area contributed by atoms with E-state index in [9.17, 15) is 18.0 Å². The third-order valence-electron chi connectivity index (χ3n) is 6.06. The Morgan fingerprint density at radius 3 is 2.69 bits per heavy atom. The fourth-order valence-electron chi connectivity index (χ4n) is 4.15. The first-order valence-corrected chi connectivity index (χ1v) is 14.6. The summed E-state index contributed by atoms with van der Waals surface area (Å²) >= 11 is 2.95. The number of amides is 2. The third-order valence-corrected chi connectivity index (χ3v) is 9.98. The number of thiophene rings is 1. The van der Waals surface area contributed by atoms with E-state index in [2.05, 4.69) is 5.32 Å². The summed E-state index contributed by atoms with van der Waals surface area (Å²) in [4.78, 5) is 32.9. The molecule has 2 aromatic carbocycles. The number of sulfone groups is 1. The van der Waals surface area contributed by atoms with Crippen molar-refractivity contribution in [1.82, 2.24) is 9.88 Å². The van der Waals surface area contributed by atoms with Crippen LogP contribution in [0.15, 0.2) is 53.4 Å². The molecule has 1 aliphatic rings. The molecule has 5 rings (SSSR count). The van der Waals surface area contributed by atoms with Gasteiger partial charge in [-0.3, -0.25) is 4.79 Å². The number of para-hydroxylation sites is 1. The van der Waals surface area contributed by atoms with Crippen molar-refractivity contribution in [3.63, 3.8) is 0 Å². The Labute approximate surface area is 216 Å². The lowest BCUT2D eigenvalue weighted by molar-refractivity contribution is 0.102. The zero-order valence-electron chi connectivity index (χ0n) is 19.6. The van der Waals surface area contributed by atoms with Crippen molar-refractivity contribution in [1.29, 1.82) is 0 Å². The van der Waals surface area contributed by atoms with E-state index >= 15 is 0 Å². The molecule has 36 heavy (non-hydrogen) atoms. The van der Waals surface area contributed by atoms with Gasteiger partial charge in [0.1, 0.15) is 10.0 Å². The second-order valence-corrected chi connectivity index (χ2v) is 12.6. The number of hydrogen-bond donors (Lipinski definition) is 1. The first-order valence-electron chi connectivity index (χ1n) is 11.3. The Bertz CT molecular complexity index is 1560. The lowest BCUT2D eigenvalue weighted by Gasteiger charge is -2.25. The lowest BCUT2D eigenvalue weighted by Crippen LogP contribution is -2.35. The molecule has 11 heteroatoms. The minimum atomic E-state index is -3.45. The number of aromatic nitrogens is 1. The monoisotopic (exact) mass is 541 g/mol. The number of carbonyl (C=O) groups excluding carboxylic acids is 2. The summed E-state index contributed by atoms with van der Waals surface area (Å²) in [5, 5.41) is 4.41. The Morgan fingerprint density at radius 2 is 1.94 bits per heavy atom. The molecule has 186 valence electrons. The predicted octanol–water partition coefficient (Wildman–Crippen LogP) is 5.20. The van der Waals surface area contributed by atoms with Crippen molar-refractivity contribution in [3.05, 3.63) is 64.5 Å². The molecule has 0 saturated heterocycles. The number of carbonyl (C=O) groups is 2. The van der Waals surface area contributed by atoms with Gasteiger partial charge in [0.05, 0.1) is 34.5 Å². The van der Waals surface area contributed by atoms with Crippen LogP contribution in [-0.2, 0) is 27.5 Å². The SMILES string of the molecule is CCS(=O)(=O)c1cccc(C(=O)Nc2sc3c(c2-c2nc4ccccc4s2)CCN(C(=O)OC)C3)c1. The normalized spacial score (nSPS) is 13.4. The van der Waals surface area contributed by atoms with Crippen molar-refractivity contribution in [3.8, 4) is 10.6 Å². The van der Waals surface area contributed by atoms with Crippen molar-refractivity contribution in [2.45, 2.75) is 24.8 Å². The summed E-state index contributed by atoms with van der Waals surface area (Å²) in [5.41, 5.74) is 3.03. The number of methoxy groups -OCH3 is 1. The summed E-state index contributed by atoms with van der Waals surface area (Å²) in [6.07, 6.45) is 0.210. The van der Waals surface area contributed by atoms with E-state index in [4.69, 9.17) is 9.72 Å². The van der Waals surface area contributed by atoms with Crippen molar-refractivity contribution < 1.29 is 22.7 Å². The van der Waals surface area contributed by atoms with Crippen molar-refractivity contribution >= 4 is 59.7 Å². The zero-order valence-corrected chi connectivity index (χ0v) is 22.1. The van der Waals surface area contributed by atoms with Gasteiger partial charge < -0.3 is 15.0 Å². The molecule has 0 atom stereocenters. The van der Waals surface area contributed by atoms with Crippen LogP contribution in [0.4, 0.5) is 9.80 Å². The maximum atomic E-state index is 13.3. The fourth-order valence-corrected chi connectivity index (χ4v) is 7.45. The highest BCUT2D eigenvalue weighted by atomic mass is 32.2. The van der Waals surface area contributed by atoms with E-state index in [0.717, 1.165) is 31.2 Å². The number of nitrogens with one attached hydrogen (secondary N) is 1. The molecule has 3 heterocycles. The molecule has 1 aliphatic heterocycles. The van der Waals surface area contributed by atoms with Gasteiger partial charge in [-0.05, 0) is 42.3 Å². The maximum absolute atomic E-state index is 13.3. The van der Waals surface area contributed by atoms with E-state index in [1.165, 1.54) is 30.6 Å². The molecule has 0 spiro atoms. The van der Waals surface area contributed by atoms with Crippen LogP contribution in [-0.4, -0.2) is 49.7 Å². The summed E-state index contributed by atoms with van der Waals surface area (Å²) in [6, 6.07) is 13.9. The minimum Gasteiger partial charge on any atom is -0.453 e. The van der Waals surface area contributed by atoms with Crippen LogP contribution in [0.5, 0.6) is 0 Å². The van der Waals surface area contributed by atoms with Gasteiger partial charge in [-0.15, -0.1) is 22.7 Å². The number of nitrogens with zero attached hydrogens (tertiary/aromatic N) is 2. The molecule has 0 saturated carbocycles. The van der Waals surface area contributed by atoms with Gasteiger partial charge in [-0.1, -0.05) is 25.1 Å². The summed E-state index contributed by atoms with van der Waals surface area (Å²) < 4.78 is 30.6. The molecule has 0 aliphatic carbocycles. The number of hydrogen-bond acceptors (Lipinski definition) is 8. The second kappa shape index (κ2) is 9.64. The highest BCUT2D eigenvalue weighted by molar-refractivity contribution is 7.91. The van der Waals surface area contributed by atoms with Crippen molar-refractivity contribution in [2.75, 3.05) is 24.7 Å². The number of fused-ring (bicyclic) bond motifs is 2. The fraction of sp³-hybridized carbons (Fsp3) is 0.240. The van der Waals surface area contributed by atoms with E-state index < -0.39 is 21.8 Å². The van der Waals surface area contributed by atoms with Gasteiger partial charge in [-0.25, -0.2) is 18.2 Å². The molecular formula is C25H23N3O5S3. The van der Waals surface area contributed by atoms with Gasteiger partial charge in [0, 0.05) is 22.5 Å². The van der Waals surface area contributed by atoms with Gasteiger partial charge in [0.2, 0.25) is 0 Å². The summed E-state index contributed by atoms with van der Waals surface area (Å²) in [7, 11) is -2.09. The first kappa shape index (κ1) is 24.4. The van der Waals surface area contributed by atoms with Crippen LogP contribution in [0.25, 0.3) is 20.8 Å². The number of anilines is 1. The van der Waals surface area contributed by atoms with Gasteiger partial charge in [0.25, 0.3) is 5.91 Å². The molecule has 2 amide bonds. The molecular weight excluding hydrogens is 518 g/mol. The molecule has 2 aromatic heterocycles. The Morgan fingerprint density at radius 1 is 1.14 bits per heavy atom. The molecule has 0 fully saturated rings. The standard InChI is InChI=1S/C25H23N3O5S3/c1-3-36(31,32)16-8-6-7-15(13-16)22(29)27-24-21(23-26-18-9-4-5-10-19(18)34-23)17-11-12-28(25(30)33-2)14-20(17)35-24/h4-10,13H,3,11-12,14H2,1-2H3,(H,27,29). The molecule has 0 unspecified atom stereocenters. The largest absolute Gasteiger partial charge is 0.453 e. The summed E-state index contributed by atoms with van der Waals surface area (Å²) in [6.45, 7) is 2.45. The maximum Gasteiger partial charge on any atom is 0.409 e. The Hall–Kier alpha value is -3.28. The van der Waals surface area contributed by atoms with Gasteiger partial charge in [-0.2, -0.15) is 0 Å². The Kier molecular flexibility index (Phi) is 6.54. The van der Waals surface area contributed by atoms with Gasteiger partial charge in [0.15, 0.2) is 9.84 Å². The van der Waals surface area contributed by atoms with E-state index in [1.807, 2.05) is 24.3 Å². The molecule has 1 N–H and O–H groups in total. The topological polar surface area (TPSA) is 106 Å². The molecule has 4 aromatic rings. The minimum absolute atomic E-state index is 0.0475. The van der Waals surface area contributed by atoms with Crippen LogP contribution in [0.1, 0.15) is 27.7 Å². The molecule has 8 nitrogen and oxygen atoms in total.